The third kappa shape index (κ3) is 4.36. The van der Waals surface area contributed by atoms with Gasteiger partial charge in [0.2, 0.25) is 10.0 Å². The summed E-state index contributed by atoms with van der Waals surface area (Å²) >= 11 is 1.80. The molecule has 1 atom stereocenters. The molecular formula is C13H21N3O2S2. The molecule has 0 spiro atoms. The van der Waals surface area contributed by atoms with Crippen molar-refractivity contribution in [2.24, 2.45) is 0 Å². The SMILES string of the molecule is CCCNc1cc(S(=O)(=O)NC2CCCSC2)ccn1. The molecule has 1 aromatic rings. The molecule has 1 aromatic heterocycles. The summed E-state index contributed by atoms with van der Waals surface area (Å²) in [5.41, 5.74) is 0. The molecule has 1 unspecified atom stereocenters. The van der Waals surface area contributed by atoms with Gasteiger partial charge < -0.3 is 5.32 Å². The summed E-state index contributed by atoms with van der Waals surface area (Å²) in [6.07, 6.45) is 4.48. The Labute approximate surface area is 125 Å². The lowest BCUT2D eigenvalue weighted by Gasteiger charge is -2.22. The topological polar surface area (TPSA) is 71.1 Å². The molecule has 1 saturated heterocycles. The monoisotopic (exact) mass is 315 g/mol. The van der Waals surface area contributed by atoms with Gasteiger partial charge in [0.25, 0.3) is 0 Å². The van der Waals surface area contributed by atoms with E-state index in [4.69, 9.17) is 0 Å². The molecule has 2 N–H and O–H groups in total. The number of sulfonamides is 1. The van der Waals surface area contributed by atoms with Crippen molar-refractivity contribution in [3.05, 3.63) is 18.3 Å². The molecular weight excluding hydrogens is 294 g/mol. The second-order valence-corrected chi connectivity index (χ2v) is 7.70. The van der Waals surface area contributed by atoms with Crippen molar-refractivity contribution in [1.29, 1.82) is 0 Å². The van der Waals surface area contributed by atoms with Crippen LogP contribution in [0.1, 0.15) is 26.2 Å². The summed E-state index contributed by atoms with van der Waals surface area (Å²) in [6.45, 7) is 2.83. The van der Waals surface area contributed by atoms with E-state index in [0.717, 1.165) is 37.3 Å². The molecule has 20 heavy (non-hydrogen) atoms. The molecule has 7 heteroatoms. The van der Waals surface area contributed by atoms with Crippen LogP contribution in [0.5, 0.6) is 0 Å². The third-order valence-corrected chi connectivity index (χ3v) is 5.81. The number of pyridine rings is 1. The largest absolute Gasteiger partial charge is 0.370 e. The molecule has 0 aromatic carbocycles. The smallest absolute Gasteiger partial charge is 0.241 e. The first-order valence-electron chi connectivity index (χ1n) is 6.92. The van der Waals surface area contributed by atoms with Gasteiger partial charge in [-0.25, -0.2) is 18.1 Å². The summed E-state index contributed by atoms with van der Waals surface area (Å²) in [4.78, 5) is 4.41. The normalized spacial score (nSPS) is 19.8. The lowest BCUT2D eigenvalue weighted by Crippen LogP contribution is -2.38. The van der Waals surface area contributed by atoms with Gasteiger partial charge >= 0.3 is 0 Å². The van der Waals surface area contributed by atoms with Gasteiger partial charge in [-0.15, -0.1) is 0 Å². The maximum Gasteiger partial charge on any atom is 0.241 e. The minimum Gasteiger partial charge on any atom is -0.370 e. The predicted octanol–water partition coefficient (Wildman–Crippen LogP) is 2.08. The summed E-state index contributed by atoms with van der Waals surface area (Å²) in [7, 11) is -3.45. The highest BCUT2D eigenvalue weighted by Gasteiger charge is 2.22. The van der Waals surface area contributed by atoms with Gasteiger partial charge in [-0.1, -0.05) is 6.92 Å². The highest BCUT2D eigenvalue weighted by Crippen LogP contribution is 2.20. The number of aromatic nitrogens is 1. The molecule has 1 aliphatic rings. The van der Waals surface area contributed by atoms with Gasteiger partial charge in [0.05, 0.1) is 4.90 Å². The van der Waals surface area contributed by atoms with Crippen molar-refractivity contribution in [2.75, 3.05) is 23.4 Å². The first-order valence-corrected chi connectivity index (χ1v) is 9.55. The molecule has 0 amide bonds. The highest BCUT2D eigenvalue weighted by atomic mass is 32.2. The molecule has 2 heterocycles. The molecule has 2 rings (SSSR count). The number of rotatable bonds is 6. The Morgan fingerprint density at radius 3 is 3.05 bits per heavy atom. The first-order chi connectivity index (χ1) is 9.62. The van der Waals surface area contributed by atoms with Crippen molar-refractivity contribution in [1.82, 2.24) is 9.71 Å². The van der Waals surface area contributed by atoms with Crippen LogP contribution in [0.2, 0.25) is 0 Å². The number of hydrogen-bond donors (Lipinski definition) is 2. The highest BCUT2D eigenvalue weighted by molar-refractivity contribution is 7.99. The van der Waals surface area contributed by atoms with Gasteiger partial charge in [-0.3, -0.25) is 0 Å². The van der Waals surface area contributed by atoms with E-state index < -0.39 is 10.0 Å². The molecule has 1 fully saturated rings. The maximum absolute atomic E-state index is 12.4. The van der Waals surface area contributed by atoms with E-state index in [2.05, 4.69) is 21.9 Å². The summed E-state index contributed by atoms with van der Waals surface area (Å²) in [5.74, 6) is 2.58. The van der Waals surface area contributed by atoms with E-state index in [1.54, 1.807) is 17.8 Å². The Balaban J connectivity index is 2.07. The Hall–Kier alpha value is -0.790. The van der Waals surface area contributed by atoms with Crippen molar-refractivity contribution in [3.8, 4) is 0 Å². The van der Waals surface area contributed by atoms with E-state index in [0.29, 0.717) is 5.82 Å². The van der Waals surface area contributed by atoms with E-state index in [1.165, 1.54) is 12.3 Å². The third-order valence-electron chi connectivity index (χ3n) is 3.08. The molecule has 5 nitrogen and oxygen atoms in total. The number of anilines is 1. The molecule has 0 saturated carbocycles. The van der Waals surface area contributed by atoms with Crippen LogP contribution in [0, 0.1) is 0 Å². The second kappa shape index (κ2) is 7.28. The Morgan fingerprint density at radius 1 is 1.50 bits per heavy atom. The van der Waals surface area contributed by atoms with Gasteiger partial charge in [0.15, 0.2) is 0 Å². The van der Waals surface area contributed by atoms with Crippen LogP contribution in [0.4, 0.5) is 5.82 Å². The molecule has 0 radical (unpaired) electrons. The van der Waals surface area contributed by atoms with E-state index in [-0.39, 0.29) is 10.9 Å². The lowest BCUT2D eigenvalue weighted by molar-refractivity contribution is 0.543. The molecule has 1 aliphatic heterocycles. The van der Waals surface area contributed by atoms with E-state index in [9.17, 15) is 8.42 Å². The fourth-order valence-corrected chi connectivity index (χ4v) is 4.51. The minimum absolute atomic E-state index is 0.0407. The zero-order valence-corrected chi connectivity index (χ0v) is 13.3. The number of hydrogen-bond acceptors (Lipinski definition) is 5. The first kappa shape index (κ1) is 15.6. The van der Waals surface area contributed by atoms with Crippen molar-refractivity contribution >= 4 is 27.6 Å². The quantitative estimate of drug-likeness (QED) is 0.841. The van der Waals surface area contributed by atoms with Crippen molar-refractivity contribution in [2.45, 2.75) is 37.1 Å². The van der Waals surface area contributed by atoms with E-state index in [1.807, 2.05) is 0 Å². The minimum atomic E-state index is -3.45. The Kier molecular flexibility index (Phi) is 5.68. The van der Waals surface area contributed by atoms with Crippen LogP contribution in [-0.4, -0.2) is 37.5 Å². The molecule has 0 aliphatic carbocycles. The lowest BCUT2D eigenvalue weighted by atomic mass is 10.2. The van der Waals surface area contributed by atoms with Gasteiger partial charge in [0.1, 0.15) is 5.82 Å². The van der Waals surface area contributed by atoms with Gasteiger partial charge in [-0.2, -0.15) is 11.8 Å². The average molecular weight is 315 g/mol. The van der Waals surface area contributed by atoms with Gasteiger partial charge in [-0.05, 0) is 31.1 Å². The molecule has 112 valence electrons. The zero-order valence-electron chi connectivity index (χ0n) is 11.6. The van der Waals surface area contributed by atoms with Crippen LogP contribution in [-0.2, 0) is 10.0 Å². The van der Waals surface area contributed by atoms with Gasteiger partial charge in [0, 0.05) is 30.6 Å². The fourth-order valence-electron chi connectivity index (χ4n) is 2.05. The summed E-state index contributed by atoms with van der Waals surface area (Å²) in [6, 6.07) is 3.17. The van der Waals surface area contributed by atoms with Crippen LogP contribution in [0.3, 0.4) is 0 Å². The standard InChI is InChI=1S/C13H21N3O2S2/c1-2-6-14-13-9-12(5-7-15-13)20(17,18)16-11-4-3-8-19-10-11/h5,7,9,11,16H,2-4,6,8,10H2,1H3,(H,14,15). The Bertz CT molecular complexity index is 528. The summed E-state index contributed by atoms with van der Waals surface area (Å²) < 4.78 is 27.5. The summed E-state index contributed by atoms with van der Waals surface area (Å²) in [5, 5.41) is 3.10. The fraction of sp³-hybridized carbons (Fsp3) is 0.615. The van der Waals surface area contributed by atoms with Crippen LogP contribution in [0.15, 0.2) is 23.2 Å². The van der Waals surface area contributed by atoms with Crippen molar-refractivity contribution in [3.63, 3.8) is 0 Å². The maximum atomic E-state index is 12.4. The van der Waals surface area contributed by atoms with Crippen molar-refractivity contribution < 1.29 is 8.42 Å². The number of nitrogens with one attached hydrogen (secondary N) is 2. The van der Waals surface area contributed by atoms with Crippen LogP contribution >= 0.6 is 11.8 Å². The molecule has 0 bridgehead atoms. The van der Waals surface area contributed by atoms with Crippen LogP contribution < -0.4 is 10.0 Å². The predicted molar refractivity (Wildman–Crippen MR) is 83.7 cm³/mol. The van der Waals surface area contributed by atoms with Crippen LogP contribution in [0.25, 0.3) is 0 Å². The Morgan fingerprint density at radius 2 is 2.35 bits per heavy atom. The number of thioether (sulfide) groups is 1. The average Bonchev–Trinajstić information content (AvgIpc) is 2.46. The zero-order chi connectivity index (χ0) is 14.4. The number of nitrogens with zero attached hydrogens (tertiary/aromatic N) is 1. The second-order valence-electron chi connectivity index (χ2n) is 4.84. The van der Waals surface area contributed by atoms with E-state index >= 15 is 0 Å².